The molecule has 2 aromatic rings. The van der Waals surface area contributed by atoms with Gasteiger partial charge in [-0.15, -0.1) is 0 Å². The van der Waals surface area contributed by atoms with Gasteiger partial charge in [0.25, 0.3) is 0 Å². The highest BCUT2D eigenvalue weighted by atomic mass is 35.5. The average molecular weight is 307 g/mol. The highest BCUT2D eigenvalue weighted by Gasteiger charge is 2.31. The normalized spacial score (nSPS) is 11.6. The summed E-state index contributed by atoms with van der Waals surface area (Å²) in [5.41, 5.74) is 0.973. The Morgan fingerprint density at radius 2 is 1.67 bits per heavy atom. The quantitative estimate of drug-likeness (QED) is 0.827. The molecule has 2 aromatic carbocycles. The predicted octanol–water partition coefficient (Wildman–Crippen LogP) is 2.78. The summed E-state index contributed by atoms with van der Waals surface area (Å²) in [6.07, 6.45) is 0. The minimum Gasteiger partial charge on any atom is -0.395 e. The van der Waals surface area contributed by atoms with E-state index in [0.717, 1.165) is 11.1 Å². The molecule has 3 nitrogen and oxygen atoms in total. The van der Waals surface area contributed by atoms with Crippen molar-refractivity contribution >= 4 is 11.6 Å². The third-order valence-electron chi connectivity index (χ3n) is 3.53. The molecule has 0 fully saturated rings. The van der Waals surface area contributed by atoms with Gasteiger partial charge in [-0.25, -0.2) is 0 Å². The van der Waals surface area contributed by atoms with Crippen LogP contribution in [0.2, 0.25) is 5.02 Å². The summed E-state index contributed by atoms with van der Waals surface area (Å²) in [4.78, 5) is 0. The standard InChI is InChI=1S/C17H19ClO3/c18-16-8-4-7-15(9-16)17(11-19,12-20)13-21-10-14-5-2-1-3-6-14/h1-9,19-20H,10-13H2. The van der Waals surface area contributed by atoms with Crippen LogP contribution in [-0.2, 0) is 16.8 Å². The second-order valence-electron chi connectivity index (χ2n) is 5.09. The predicted molar refractivity (Wildman–Crippen MR) is 83.4 cm³/mol. The van der Waals surface area contributed by atoms with Gasteiger partial charge in [-0.05, 0) is 23.3 Å². The number of hydrogen-bond donors (Lipinski definition) is 2. The molecule has 0 aliphatic heterocycles. The maximum atomic E-state index is 9.73. The fraction of sp³-hybridized carbons (Fsp3) is 0.294. The first kappa shape index (κ1) is 16.0. The molecule has 0 atom stereocenters. The summed E-state index contributed by atoms with van der Waals surface area (Å²) < 4.78 is 5.70. The molecule has 2 rings (SSSR count). The number of benzene rings is 2. The number of hydrogen-bond acceptors (Lipinski definition) is 3. The van der Waals surface area contributed by atoms with Crippen molar-refractivity contribution in [2.45, 2.75) is 12.0 Å². The number of halogens is 1. The van der Waals surface area contributed by atoms with E-state index in [1.54, 1.807) is 18.2 Å². The minimum absolute atomic E-state index is 0.210. The van der Waals surface area contributed by atoms with Crippen LogP contribution >= 0.6 is 11.6 Å². The van der Waals surface area contributed by atoms with Crippen molar-refractivity contribution in [2.24, 2.45) is 0 Å². The largest absolute Gasteiger partial charge is 0.395 e. The lowest BCUT2D eigenvalue weighted by Gasteiger charge is -2.30. The molecule has 0 heterocycles. The molecule has 2 N–H and O–H groups in total. The second-order valence-corrected chi connectivity index (χ2v) is 5.52. The first-order valence-corrected chi connectivity index (χ1v) is 7.17. The van der Waals surface area contributed by atoms with Gasteiger partial charge in [-0.3, -0.25) is 0 Å². The summed E-state index contributed by atoms with van der Waals surface area (Å²) in [5.74, 6) is 0. The number of aliphatic hydroxyl groups excluding tert-OH is 2. The highest BCUT2D eigenvalue weighted by molar-refractivity contribution is 6.30. The second kappa shape index (κ2) is 7.57. The molecule has 0 radical (unpaired) electrons. The molecule has 21 heavy (non-hydrogen) atoms. The van der Waals surface area contributed by atoms with Gasteiger partial charge in [0.1, 0.15) is 0 Å². The van der Waals surface area contributed by atoms with Crippen LogP contribution in [0.15, 0.2) is 54.6 Å². The zero-order valence-electron chi connectivity index (χ0n) is 11.7. The van der Waals surface area contributed by atoms with Crippen molar-refractivity contribution in [3.63, 3.8) is 0 Å². The topological polar surface area (TPSA) is 49.7 Å². The van der Waals surface area contributed by atoms with Crippen LogP contribution in [0.5, 0.6) is 0 Å². The lowest BCUT2D eigenvalue weighted by molar-refractivity contribution is 0.0131. The Morgan fingerprint density at radius 1 is 0.952 bits per heavy atom. The van der Waals surface area contributed by atoms with E-state index in [9.17, 15) is 10.2 Å². The molecule has 0 saturated carbocycles. The third-order valence-corrected chi connectivity index (χ3v) is 3.77. The van der Waals surface area contributed by atoms with Gasteiger partial charge in [0, 0.05) is 5.02 Å². The lowest BCUT2D eigenvalue weighted by atomic mass is 9.83. The van der Waals surface area contributed by atoms with Crippen molar-refractivity contribution in [3.05, 3.63) is 70.7 Å². The number of aliphatic hydroxyl groups is 2. The van der Waals surface area contributed by atoms with Gasteiger partial charge in [-0.1, -0.05) is 54.1 Å². The smallest absolute Gasteiger partial charge is 0.0717 e. The lowest BCUT2D eigenvalue weighted by Crippen LogP contribution is -2.39. The van der Waals surface area contributed by atoms with Crippen molar-refractivity contribution in [3.8, 4) is 0 Å². The van der Waals surface area contributed by atoms with Crippen LogP contribution in [-0.4, -0.2) is 30.0 Å². The van der Waals surface area contributed by atoms with E-state index in [1.807, 2.05) is 36.4 Å². The van der Waals surface area contributed by atoms with E-state index in [4.69, 9.17) is 16.3 Å². The summed E-state index contributed by atoms with van der Waals surface area (Å²) in [7, 11) is 0. The molecule has 0 aromatic heterocycles. The van der Waals surface area contributed by atoms with Crippen LogP contribution in [0, 0.1) is 0 Å². The summed E-state index contributed by atoms with van der Waals surface area (Å²) in [6.45, 7) is 0.232. The van der Waals surface area contributed by atoms with Crippen molar-refractivity contribution in [2.75, 3.05) is 19.8 Å². The summed E-state index contributed by atoms with van der Waals surface area (Å²) in [5, 5.41) is 20.0. The van der Waals surface area contributed by atoms with E-state index in [-0.39, 0.29) is 19.8 Å². The first-order valence-electron chi connectivity index (χ1n) is 6.80. The van der Waals surface area contributed by atoms with Crippen LogP contribution in [0.4, 0.5) is 0 Å². The maximum Gasteiger partial charge on any atom is 0.0717 e. The molecule has 112 valence electrons. The fourth-order valence-electron chi connectivity index (χ4n) is 2.16. The number of ether oxygens (including phenoxy) is 1. The first-order chi connectivity index (χ1) is 10.2. The third kappa shape index (κ3) is 4.05. The van der Waals surface area contributed by atoms with Crippen molar-refractivity contribution in [1.82, 2.24) is 0 Å². The van der Waals surface area contributed by atoms with Crippen LogP contribution < -0.4 is 0 Å². The minimum atomic E-state index is -0.848. The fourth-order valence-corrected chi connectivity index (χ4v) is 2.35. The molecular formula is C17H19ClO3. The van der Waals surface area contributed by atoms with Gasteiger partial charge in [0.15, 0.2) is 0 Å². The van der Waals surface area contributed by atoms with E-state index in [0.29, 0.717) is 11.6 Å². The summed E-state index contributed by atoms with van der Waals surface area (Å²) >= 11 is 5.99. The molecule has 0 aliphatic carbocycles. The van der Waals surface area contributed by atoms with Gasteiger partial charge in [0.05, 0.1) is 31.8 Å². The van der Waals surface area contributed by atoms with Gasteiger partial charge < -0.3 is 14.9 Å². The maximum absolute atomic E-state index is 9.73. The van der Waals surface area contributed by atoms with Crippen LogP contribution in [0.25, 0.3) is 0 Å². The number of rotatable bonds is 7. The van der Waals surface area contributed by atoms with Crippen LogP contribution in [0.3, 0.4) is 0 Å². The molecule has 0 unspecified atom stereocenters. The molecular weight excluding hydrogens is 288 g/mol. The Morgan fingerprint density at radius 3 is 2.29 bits per heavy atom. The van der Waals surface area contributed by atoms with E-state index >= 15 is 0 Å². The molecule has 0 amide bonds. The van der Waals surface area contributed by atoms with E-state index in [2.05, 4.69) is 0 Å². The Hall–Kier alpha value is -1.39. The van der Waals surface area contributed by atoms with Crippen molar-refractivity contribution in [1.29, 1.82) is 0 Å². The molecule has 0 bridgehead atoms. The monoisotopic (exact) mass is 306 g/mol. The van der Waals surface area contributed by atoms with Gasteiger partial charge >= 0.3 is 0 Å². The summed E-state index contributed by atoms with van der Waals surface area (Å²) in [6, 6.07) is 16.9. The molecule has 0 aliphatic rings. The highest BCUT2D eigenvalue weighted by Crippen LogP contribution is 2.26. The van der Waals surface area contributed by atoms with Crippen molar-refractivity contribution < 1.29 is 14.9 Å². The molecule has 0 saturated heterocycles. The Balaban J connectivity index is 2.08. The molecule has 0 spiro atoms. The van der Waals surface area contributed by atoms with Crippen LogP contribution in [0.1, 0.15) is 11.1 Å². The Bertz CT molecular complexity index is 553. The Labute approximate surface area is 129 Å². The Kier molecular flexibility index (Phi) is 5.76. The molecule has 4 heteroatoms. The average Bonchev–Trinajstić information content (AvgIpc) is 2.53. The van der Waals surface area contributed by atoms with Gasteiger partial charge in [-0.2, -0.15) is 0 Å². The zero-order chi connectivity index (χ0) is 15.1. The van der Waals surface area contributed by atoms with E-state index in [1.165, 1.54) is 0 Å². The SMILES string of the molecule is OCC(CO)(COCc1ccccc1)c1cccc(Cl)c1. The zero-order valence-corrected chi connectivity index (χ0v) is 12.5. The van der Waals surface area contributed by atoms with E-state index < -0.39 is 5.41 Å². The van der Waals surface area contributed by atoms with Gasteiger partial charge in [0.2, 0.25) is 0 Å².